The van der Waals surface area contributed by atoms with Gasteiger partial charge in [-0.15, -0.1) is 0 Å². The fourth-order valence-corrected chi connectivity index (χ4v) is 2.98. The van der Waals surface area contributed by atoms with E-state index in [1.807, 2.05) is 4.90 Å². The maximum atomic E-state index is 12.7. The highest BCUT2D eigenvalue weighted by Crippen LogP contribution is 2.29. The van der Waals surface area contributed by atoms with E-state index in [4.69, 9.17) is 16.3 Å². The monoisotopic (exact) mass is 360 g/mol. The summed E-state index contributed by atoms with van der Waals surface area (Å²) < 4.78 is 5.30. The molecule has 0 bridgehead atoms. The number of ether oxygens (including phenoxy) is 1. The summed E-state index contributed by atoms with van der Waals surface area (Å²) in [6.07, 6.45) is 3.63. The Hall–Kier alpha value is -2.34. The van der Waals surface area contributed by atoms with Gasteiger partial charge >= 0.3 is 0 Å². The van der Waals surface area contributed by atoms with Crippen LogP contribution in [0.2, 0.25) is 5.02 Å². The van der Waals surface area contributed by atoms with Gasteiger partial charge < -0.3 is 15.0 Å². The molecular formula is C18H21ClN4O2. The molecule has 6 nitrogen and oxygen atoms in total. The van der Waals surface area contributed by atoms with Gasteiger partial charge in [0.2, 0.25) is 5.95 Å². The van der Waals surface area contributed by atoms with Crippen molar-refractivity contribution in [3.05, 3.63) is 41.2 Å². The summed E-state index contributed by atoms with van der Waals surface area (Å²) in [5, 5.41) is 3.63. The first-order valence-electron chi connectivity index (χ1n) is 8.29. The van der Waals surface area contributed by atoms with Crippen LogP contribution in [-0.2, 0) is 0 Å². The lowest BCUT2D eigenvalue weighted by Crippen LogP contribution is -2.38. The van der Waals surface area contributed by atoms with Gasteiger partial charge in [0.15, 0.2) is 0 Å². The van der Waals surface area contributed by atoms with E-state index in [9.17, 15) is 4.79 Å². The van der Waals surface area contributed by atoms with E-state index >= 15 is 0 Å². The van der Waals surface area contributed by atoms with Crippen LogP contribution in [0.1, 0.15) is 30.3 Å². The topological polar surface area (TPSA) is 67.3 Å². The van der Waals surface area contributed by atoms with Gasteiger partial charge in [-0.05, 0) is 43.0 Å². The first-order valence-corrected chi connectivity index (χ1v) is 8.67. The Kier molecular flexibility index (Phi) is 5.38. The van der Waals surface area contributed by atoms with Gasteiger partial charge in [0, 0.05) is 24.3 Å². The number of nitrogens with zero attached hydrogens (tertiary/aromatic N) is 3. The van der Waals surface area contributed by atoms with Gasteiger partial charge in [-0.25, -0.2) is 9.97 Å². The molecule has 0 atom stereocenters. The molecule has 0 aliphatic carbocycles. The van der Waals surface area contributed by atoms with E-state index in [1.165, 1.54) is 0 Å². The molecule has 0 saturated carbocycles. The van der Waals surface area contributed by atoms with Gasteiger partial charge in [0.25, 0.3) is 5.91 Å². The Labute approximate surface area is 152 Å². The average Bonchev–Trinajstić information content (AvgIpc) is 2.62. The van der Waals surface area contributed by atoms with Gasteiger partial charge in [0.05, 0.1) is 12.8 Å². The Balaban J connectivity index is 1.78. The summed E-state index contributed by atoms with van der Waals surface area (Å²) in [5.74, 6) is 1.56. The van der Waals surface area contributed by atoms with Gasteiger partial charge in [-0.2, -0.15) is 0 Å². The van der Waals surface area contributed by atoms with E-state index in [-0.39, 0.29) is 5.91 Å². The zero-order valence-electron chi connectivity index (χ0n) is 14.3. The van der Waals surface area contributed by atoms with Crippen LogP contribution in [0.5, 0.6) is 5.75 Å². The van der Waals surface area contributed by atoms with Crippen LogP contribution in [0.4, 0.5) is 11.6 Å². The van der Waals surface area contributed by atoms with Crippen LogP contribution in [0.3, 0.4) is 0 Å². The van der Waals surface area contributed by atoms with Crippen LogP contribution in [-0.4, -0.2) is 41.0 Å². The normalized spacial score (nSPS) is 15.1. The third-order valence-corrected chi connectivity index (χ3v) is 4.59. The molecule has 132 valence electrons. The van der Waals surface area contributed by atoms with Crippen molar-refractivity contribution in [1.29, 1.82) is 0 Å². The molecule has 1 aliphatic rings. The molecule has 1 aliphatic heterocycles. The second kappa shape index (κ2) is 7.70. The molecule has 1 aromatic carbocycles. The first kappa shape index (κ1) is 17.5. The van der Waals surface area contributed by atoms with Crippen molar-refractivity contribution in [2.75, 3.05) is 25.5 Å². The van der Waals surface area contributed by atoms with Crippen LogP contribution >= 0.6 is 11.6 Å². The summed E-state index contributed by atoms with van der Waals surface area (Å²) in [6.45, 7) is 3.76. The highest BCUT2D eigenvalue weighted by Gasteiger charge is 2.22. The largest absolute Gasteiger partial charge is 0.495 e. The molecular weight excluding hydrogens is 340 g/mol. The second-order valence-electron chi connectivity index (χ2n) is 6.21. The molecule has 1 amide bonds. The number of halogens is 1. The molecule has 0 unspecified atom stereocenters. The standard InChI is InChI=1S/C18H21ClN4O2/c1-12-6-9-23(10-7-12)17(24)14-5-8-20-18(21-14)22-15-11-13(19)3-4-16(15)25-2/h3-5,8,11-12H,6-7,9-10H2,1-2H3,(H,20,21,22). The molecule has 1 saturated heterocycles. The van der Waals surface area contributed by atoms with Gasteiger partial charge in [-0.3, -0.25) is 4.79 Å². The van der Waals surface area contributed by atoms with Crippen molar-refractivity contribution in [2.45, 2.75) is 19.8 Å². The second-order valence-corrected chi connectivity index (χ2v) is 6.65. The predicted molar refractivity (Wildman–Crippen MR) is 97.6 cm³/mol. The van der Waals surface area contributed by atoms with Gasteiger partial charge in [-0.1, -0.05) is 18.5 Å². The zero-order valence-corrected chi connectivity index (χ0v) is 15.1. The van der Waals surface area contributed by atoms with Crippen molar-refractivity contribution in [3.63, 3.8) is 0 Å². The van der Waals surface area contributed by atoms with Crippen molar-refractivity contribution >= 4 is 29.1 Å². The highest BCUT2D eigenvalue weighted by atomic mass is 35.5. The fourth-order valence-electron chi connectivity index (χ4n) is 2.81. The number of rotatable bonds is 4. The maximum absolute atomic E-state index is 12.7. The molecule has 2 heterocycles. The smallest absolute Gasteiger partial charge is 0.272 e. The minimum atomic E-state index is -0.0598. The van der Waals surface area contributed by atoms with Crippen molar-refractivity contribution in [3.8, 4) is 5.75 Å². The number of hydrogen-bond donors (Lipinski definition) is 1. The van der Waals surface area contributed by atoms with E-state index < -0.39 is 0 Å². The Morgan fingerprint density at radius 3 is 2.80 bits per heavy atom. The zero-order chi connectivity index (χ0) is 17.8. The molecule has 1 N–H and O–H groups in total. The number of carbonyl (C=O) groups is 1. The average molecular weight is 361 g/mol. The minimum Gasteiger partial charge on any atom is -0.495 e. The number of benzene rings is 1. The van der Waals surface area contributed by atoms with Crippen molar-refractivity contribution < 1.29 is 9.53 Å². The van der Waals surface area contributed by atoms with E-state index in [2.05, 4.69) is 22.2 Å². The summed E-state index contributed by atoms with van der Waals surface area (Å²) in [5.41, 5.74) is 1.03. The summed E-state index contributed by atoms with van der Waals surface area (Å²) in [4.78, 5) is 23.0. The van der Waals surface area contributed by atoms with Crippen LogP contribution in [0.15, 0.2) is 30.5 Å². The molecule has 0 radical (unpaired) electrons. The molecule has 1 aromatic heterocycles. The van der Waals surface area contributed by atoms with Crippen molar-refractivity contribution in [1.82, 2.24) is 14.9 Å². The predicted octanol–water partition coefficient (Wildman–Crippen LogP) is 3.75. The molecule has 2 aromatic rings. The summed E-state index contributed by atoms with van der Waals surface area (Å²) in [7, 11) is 1.58. The number of anilines is 2. The van der Waals surface area contributed by atoms with E-state index in [1.54, 1.807) is 37.6 Å². The Morgan fingerprint density at radius 1 is 1.32 bits per heavy atom. The number of hydrogen-bond acceptors (Lipinski definition) is 5. The quantitative estimate of drug-likeness (QED) is 0.899. The summed E-state index contributed by atoms with van der Waals surface area (Å²) in [6, 6.07) is 6.86. The molecule has 1 fully saturated rings. The number of likely N-dealkylation sites (tertiary alicyclic amines) is 1. The molecule has 3 rings (SSSR count). The number of nitrogens with one attached hydrogen (secondary N) is 1. The Morgan fingerprint density at radius 2 is 2.08 bits per heavy atom. The lowest BCUT2D eigenvalue weighted by Gasteiger charge is -2.30. The van der Waals surface area contributed by atoms with Crippen molar-refractivity contribution in [2.24, 2.45) is 5.92 Å². The number of carbonyl (C=O) groups excluding carboxylic acids is 1. The number of amides is 1. The minimum absolute atomic E-state index is 0.0598. The number of methoxy groups -OCH3 is 1. The third kappa shape index (κ3) is 4.20. The van der Waals surface area contributed by atoms with E-state index in [0.717, 1.165) is 25.9 Å². The van der Waals surface area contributed by atoms with E-state index in [0.29, 0.717) is 34.0 Å². The van der Waals surface area contributed by atoms with Crippen LogP contribution in [0, 0.1) is 5.92 Å². The maximum Gasteiger partial charge on any atom is 0.272 e. The van der Waals surface area contributed by atoms with Gasteiger partial charge in [0.1, 0.15) is 11.4 Å². The first-order chi connectivity index (χ1) is 12.1. The number of piperidine rings is 1. The molecule has 0 spiro atoms. The van der Waals surface area contributed by atoms with Crippen LogP contribution < -0.4 is 10.1 Å². The lowest BCUT2D eigenvalue weighted by molar-refractivity contribution is 0.0691. The fraction of sp³-hybridized carbons (Fsp3) is 0.389. The molecule has 25 heavy (non-hydrogen) atoms. The summed E-state index contributed by atoms with van der Waals surface area (Å²) >= 11 is 6.04. The third-order valence-electron chi connectivity index (χ3n) is 4.35. The Bertz CT molecular complexity index is 760. The van der Waals surface area contributed by atoms with Crippen LogP contribution in [0.25, 0.3) is 0 Å². The highest BCUT2D eigenvalue weighted by molar-refractivity contribution is 6.31. The SMILES string of the molecule is COc1ccc(Cl)cc1Nc1nccc(C(=O)N2CCC(C)CC2)n1. The molecule has 7 heteroatoms. The lowest BCUT2D eigenvalue weighted by atomic mass is 9.99. The number of aromatic nitrogens is 2.